The first kappa shape index (κ1) is 42.9. The van der Waals surface area contributed by atoms with Crippen molar-refractivity contribution in [2.24, 2.45) is 11.8 Å². The molecule has 4 aliphatic rings. The van der Waals surface area contributed by atoms with E-state index >= 15 is 4.79 Å². The first-order valence-electron chi connectivity index (χ1n) is 21.2. The Morgan fingerprint density at radius 3 is 2.25 bits per heavy atom. The number of imide groups is 1. The van der Waals surface area contributed by atoms with E-state index in [0.717, 1.165) is 36.2 Å². The Kier molecular flexibility index (Phi) is 12.2. The molecule has 63 heavy (non-hydrogen) atoms. The number of aliphatic hydroxyl groups excluding tert-OH is 1. The number of urea groups is 1. The van der Waals surface area contributed by atoms with Gasteiger partial charge in [-0.3, -0.25) is 19.3 Å². The van der Waals surface area contributed by atoms with Crippen LogP contribution in [-0.2, 0) is 34.1 Å². The van der Waals surface area contributed by atoms with Gasteiger partial charge in [0.15, 0.2) is 0 Å². The van der Waals surface area contributed by atoms with E-state index in [1.165, 1.54) is 7.11 Å². The van der Waals surface area contributed by atoms with Crippen molar-refractivity contribution < 1.29 is 48.4 Å². The fraction of sp³-hybridized carbons (Fsp3) is 0.340. The van der Waals surface area contributed by atoms with Gasteiger partial charge in [0.25, 0.3) is 0 Å². The fourth-order valence-corrected chi connectivity index (χ4v) is 9.86. The number of methoxy groups -OCH3 is 1. The summed E-state index contributed by atoms with van der Waals surface area (Å²) in [5.41, 5.74) is 0.999. The second kappa shape index (κ2) is 17.9. The number of fused-ring (bicyclic) bond motifs is 3. The van der Waals surface area contributed by atoms with Crippen molar-refractivity contribution in [1.29, 1.82) is 0 Å². The summed E-state index contributed by atoms with van der Waals surface area (Å²) in [5, 5.41) is 24.3. The summed E-state index contributed by atoms with van der Waals surface area (Å²) >= 11 is 0. The van der Waals surface area contributed by atoms with E-state index in [0.29, 0.717) is 22.3 Å². The molecule has 2 saturated heterocycles. The number of nitrogens with one attached hydrogen (secondary N) is 1. The minimum atomic E-state index is -2.25. The van der Waals surface area contributed by atoms with Crippen LogP contribution in [0.1, 0.15) is 85.5 Å². The minimum absolute atomic E-state index is 0.0568. The summed E-state index contributed by atoms with van der Waals surface area (Å²) < 4.78 is 17.6. The molecule has 0 saturated carbocycles. The van der Waals surface area contributed by atoms with Crippen LogP contribution in [0.3, 0.4) is 0 Å². The van der Waals surface area contributed by atoms with Gasteiger partial charge in [-0.25, -0.2) is 14.5 Å². The maximum atomic E-state index is 16.2. The van der Waals surface area contributed by atoms with Gasteiger partial charge in [-0.05, 0) is 78.1 Å². The van der Waals surface area contributed by atoms with Crippen LogP contribution < -0.4 is 15.0 Å². The minimum Gasteiger partial charge on any atom is -0.491 e. The number of nitrogens with zero attached hydrogens (tertiary/aromatic N) is 2. The number of aliphatic hydroxyl groups is 1. The quantitative estimate of drug-likeness (QED) is 0.117. The molecule has 13 heteroatoms. The molecular weight excluding hydrogens is 803 g/mol. The lowest BCUT2D eigenvalue weighted by Crippen LogP contribution is -2.56. The van der Waals surface area contributed by atoms with Crippen molar-refractivity contribution in [3.63, 3.8) is 0 Å². The van der Waals surface area contributed by atoms with Crippen molar-refractivity contribution in [2.75, 3.05) is 25.2 Å². The Balaban J connectivity index is 1.45. The van der Waals surface area contributed by atoms with Crippen LogP contribution >= 0.6 is 0 Å². The van der Waals surface area contributed by atoms with Gasteiger partial charge in [0.05, 0.1) is 31.5 Å². The van der Waals surface area contributed by atoms with Gasteiger partial charge in [-0.1, -0.05) is 111 Å². The van der Waals surface area contributed by atoms with Crippen LogP contribution in [0.2, 0.25) is 0 Å². The molecule has 2 fully saturated rings. The number of carbonyl (C=O) groups excluding carboxylic acids is 4. The highest BCUT2D eigenvalue weighted by Crippen LogP contribution is 2.66. The molecule has 3 heterocycles. The highest BCUT2D eigenvalue weighted by molar-refractivity contribution is 6.25. The van der Waals surface area contributed by atoms with Crippen LogP contribution in [0.5, 0.6) is 5.75 Å². The third-order valence-electron chi connectivity index (χ3n) is 12.5. The molecule has 0 radical (unpaired) electrons. The summed E-state index contributed by atoms with van der Waals surface area (Å²) in [6, 6.07) is 24.0. The number of carbonyl (C=O) groups is 5. The monoisotopic (exact) mass is 851 g/mol. The van der Waals surface area contributed by atoms with Crippen molar-refractivity contribution in [3.8, 4) is 17.6 Å². The lowest BCUT2D eigenvalue weighted by Gasteiger charge is -2.46. The van der Waals surface area contributed by atoms with Crippen molar-refractivity contribution in [3.05, 3.63) is 143 Å². The molecule has 4 aromatic rings. The Hall–Kier alpha value is -6.75. The van der Waals surface area contributed by atoms with E-state index in [1.54, 1.807) is 61.2 Å². The number of aliphatic carboxylic acids is 1. The zero-order valence-electron chi connectivity index (χ0n) is 35.2. The Bertz CT molecular complexity index is 2510. The van der Waals surface area contributed by atoms with Gasteiger partial charge in [-0.2, -0.15) is 0 Å². The summed E-state index contributed by atoms with van der Waals surface area (Å²) in [5.74, 6) is 0.365. The average molecular weight is 852 g/mol. The van der Waals surface area contributed by atoms with Crippen LogP contribution in [-0.4, -0.2) is 77.4 Å². The number of esters is 2. The Morgan fingerprint density at radius 2 is 1.60 bits per heavy atom. The number of carboxylic acid groups (broad SMARTS) is 1. The smallest absolute Gasteiger partial charge is 0.329 e. The lowest BCUT2D eigenvalue weighted by atomic mass is 9.65. The SMILES string of the molecule is COC(=O)C(NC(=O)N1C(=O)C2(c3cc(C#CC4=CCCCC4)ccc31)C(C(=O)O)C1C(=O)OC(c3ccccc3)C(c3ccccc3)N1C2c1ccccc1OCCO)C(C)C. The average Bonchev–Trinajstić information content (AvgIpc) is 3.76. The van der Waals surface area contributed by atoms with E-state index < -0.39 is 77.4 Å². The summed E-state index contributed by atoms with van der Waals surface area (Å²) in [6.07, 6.45) is 4.88. The van der Waals surface area contributed by atoms with Gasteiger partial charge >= 0.3 is 23.9 Å². The number of morpholine rings is 1. The van der Waals surface area contributed by atoms with E-state index in [4.69, 9.17) is 14.2 Å². The molecule has 7 unspecified atom stereocenters. The van der Waals surface area contributed by atoms with Crippen molar-refractivity contribution >= 4 is 35.5 Å². The Morgan fingerprint density at radius 1 is 0.905 bits per heavy atom. The molecule has 7 atom stereocenters. The number of amides is 3. The first-order chi connectivity index (χ1) is 30.5. The molecule has 3 aliphatic heterocycles. The van der Waals surface area contributed by atoms with Gasteiger partial charge in [0.1, 0.15) is 41.9 Å². The molecule has 3 N–H and O–H groups in total. The van der Waals surface area contributed by atoms with E-state index in [9.17, 15) is 29.4 Å². The van der Waals surface area contributed by atoms with Gasteiger partial charge < -0.3 is 29.7 Å². The molecule has 1 spiro atoms. The highest BCUT2D eigenvalue weighted by Gasteiger charge is 2.76. The first-order valence-corrected chi connectivity index (χ1v) is 21.2. The van der Waals surface area contributed by atoms with Crippen molar-refractivity contribution in [2.45, 2.75) is 75.2 Å². The standard InChI is InChI=1S/C50H49N3O10/c1-30(2)40(46(57)61-3)51-49(60)52-37-26-25-32(24-23-31-15-7-4-8-16-31)29-36(37)50(48(52)59)39(45(55)56)42-47(58)63-43(34-19-11-6-12-20-34)41(33-17-9-5-10-18-33)53(42)44(50)35-21-13-14-22-38(35)62-28-27-54/h5-6,9-15,17-22,25-26,29-30,39-44,54H,4,7-8,16,27-28H2,1-3H3,(H,51,60)(H,55,56). The molecule has 13 nitrogen and oxygen atoms in total. The predicted octanol–water partition coefficient (Wildman–Crippen LogP) is 6.57. The highest BCUT2D eigenvalue weighted by atomic mass is 16.6. The topological polar surface area (TPSA) is 172 Å². The zero-order valence-corrected chi connectivity index (χ0v) is 35.2. The van der Waals surface area contributed by atoms with Crippen LogP contribution in [0.15, 0.2) is 115 Å². The number of ether oxygens (including phenoxy) is 3. The number of hydrogen-bond donors (Lipinski definition) is 3. The van der Waals surface area contributed by atoms with Crippen LogP contribution in [0.4, 0.5) is 10.5 Å². The second-order valence-electron chi connectivity index (χ2n) is 16.5. The van der Waals surface area contributed by atoms with Gasteiger partial charge in [0, 0.05) is 11.1 Å². The second-order valence-corrected chi connectivity index (χ2v) is 16.5. The lowest BCUT2D eigenvalue weighted by molar-refractivity contribution is -0.179. The number of carboxylic acids is 1. The summed E-state index contributed by atoms with van der Waals surface area (Å²) in [4.78, 5) is 76.0. The zero-order chi connectivity index (χ0) is 44.4. The largest absolute Gasteiger partial charge is 0.491 e. The third-order valence-corrected chi connectivity index (χ3v) is 12.5. The molecule has 0 bridgehead atoms. The molecular formula is C50H49N3O10. The molecule has 0 aromatic heterocycles. The van der Waals surface area contributed by atoms with Crippen LogP contribution in [0, 0.1) is 23.7 Å². The van der Waals surface area contributed by atoms with Gasteiger partial charge in [0.2, 0.25) is 5.91 Å². The van der Waals surface area contributed by atoms with Gasteiger partial charge in [-0.15, -0.1) is 0 Å². The van der Waals surface area contributed by atoms with Crippen LogP contribution in [0.25, 0.3) is 0 Å². The number of benzene rings is 4. The van der Waals surface area contributed by atoms with E-state index in [-0.39, 0.29) is 30.2 Å². The van der Waals surface area contributed by atoms with Crippen molar-refractivity contribution in [1.82, 2.24) is 10.2 Å². The molecule has 4 aromatic carbocycles. The number of rotatable bonds is 10. The third kappa shape index (κ3) is 7.53. The molecule has 8 rings (SSSR count). The number of cyclic esters (lactones) is 1. The summed E-state index contributed by atoms with van der Waals surface area (Å²) in [7, 11) is 1.19. The number of para-hydroxylation sites is 1. The molecule has 1 aliphatic carbocycles. The van der Waals surface area contributed by atoms with E-state index in [1.807, 2.05) is 60.7 Å². The summed E-state index contributed by atoms with van der Waals surface area (Å²) in [6.45, 7) is 2.93. The molecule has 3 amide bonds. The maximum absolute atomic E-state index is 16.2. The van der Waals surface area contributed by atoms with E-state index in [2.05, 4.69) is 23.2 Å². The number of hydrogen-bond acceptors (Lipinski definition) is 10. The predicted molar refractivity (Wildman–Crippen MR) is 231 cm³/mol. The fourth-order valence-electron chi connectivity index (χ4n) is 9.86. The maximum Gasteiger partial charge on any atom is 0.329 e. The Labute approximate surface area is 365 Å². The molecule has 324 valence electrons. The number of anilines is 1. The normalized spacial score (nSPS) is 24.4. The number of allylic oxidation sites excluding steroid dienone is 2.